The van der Waals surface area contributed by atoms with E-state index >= 15 is 0 Å². The average Bonchev–Trinajstić information content (AvgIpc) is 2.15. The van der Waals surface area contributed by atoms with E-state index in [-0.39, 0.29) is 18.8 Å². The zero-order valence-corrected chi connectivity index (χ0v) is 11.0. The summed E-state index contributed by atoms with van der Waals surface area (Å²) >= 11 is 0. The molecule has 1 fully saturated rings. The molecule has 1 unspecified atom stereocenters. The van der Waals surface area contributed by atoms with Gasteiger partial charge in [0.15, 0.2) is 0 Å². The summed E-state index contributed by atoms with van der Waals surface area (Å²) in [6.07, 6.45) is 3.97. The Morgan fingerprint density at radius 3 is 2.69 bits per heavy atom. The molecule has 4 nitrogen and oxygen atoms in total. The Kier molecular flexibility index (Phi) is 7.72. The van der Waals surface area contributed by atoms with Crippen molar-refractivity contribution in [2.24, 2.45) is 0 Å². The molecular formula is C11H23ClN2O2. The van der Waals surface area contributed by atoms with Crippen LogP contribution in [0.4, 0.5) is 0 Å². The number of piperidine rings is 1. The third-order valence-corrected chi connectivity index (χ3v) is 2.94. The van der Waals surface area contributed by atoms with Gasteiger partial charge in [0.25, 0.3) is 0 Å². The second-order valence-corrected chi connectivity index (χ2v) is 4.59. The van der Waals surface area contributed by atoms with Crippen LogP contribution in [0.1, 0.15) is 25.7 Å². The Balaban J connectivity index is 0.00000225. The number of likely N-dealkylation sites (N-methyl/N-ethyl adjacent to an activating group) is 1. The number of hydrogen-bond acceptors (Lipinski definition) is 3. The average molecular weight is 251 g/mol. The van der Waals surface area contributed by atoms with E-state index in [9.17, 15) is 4.79 Å². The van der Waals surface area contributed by atoms with Gasteiger partial charge in [-0.2, -0.15) is 0 Å². The Morgan fingerprint density at radius 2 is 2.12 bits per heavy atom. The van der Waals surface area contributed by atoms with E-state index in [2.05, 4.69) is 23.9 Å². The fourth-order valence-corrected chi connectivity index (χ4v) is 2.22. The molecule has 1 N–H and O–H groups in total. The van der Waals surface area contributed by atoms with Gasteiger partial charge in [0.2, 0.25) is 0 Å². The number of halogens is 1. The highest BCUT2D eigenvalue weighted by molar-refractivity contribution is 5.85. The molecule has 0 saturated carbocycles. The van der Waals surface area contributed by atoms with Gasteiger partial charge in [0.1, 0.15) is 0 Å². The van der Waals surface area contributed by atoms with E-state index in [1.807, 2.05) is 0 Å². The molecule has 0 aromatic heterocycles. The second kappa shape index (κ2) is 7.87. The number of aliphatic carboxylic acids is 1. The molecule has 1 rings (SSSR count). The van der Waals surface area contributed by atoms with Crippen molar-refractivity contribution in [2.75, 3.05) is 33.7 Å². The molecule has 0 aromatic carbocycles. The minimum Gasteiger partial charge on any atom is -0.481 e. The predicted molar refractivity (Wildman–Crippen MR) is 67.3 cm³/mol. The smallest absolute Gasteiger partial charge is 0.304 e. The number of rotatable bonds is 5. The Morgan fingerprint density at radius 1 is 1.44 bits per heavy atom. The van der Waals surface area contributed by atoms with Gasteiger partial charge in [0, 0.05) is 19.1 Å². The minimum absolute atomic E-state index is 0. The van der Waals surface area contributed by atoms with Crippen molar-refractivity contribution in [3.8, 4) is 0 Å². The molecule has 1 aliphatic heterocycles. The molecule has 96 valence electrons. The molecule has 1 aliphatic rings. The van der Waals surface area contributed by atoms with E-state index in [1.165, 1.54) is 19.3 Å². The third kappa shape index (κ3) is 5.68. The first-order chi connectivity index (χ1) is 7.09. The number of nitrogens with zero attached hydrogens (tertiary/aromatic N) is 2. The summed E-state index contributed by atoms with van der Waals surface area (Å²) in [7, 11) is 4.15. The highest BCUT2D eigenvalue weighted by Crippen LogP contribution is 2.17. The maximum atomic E-state index is 10.5. The van der Waals surface area contributed by atoms with E-state index in [0.717, 1.165) is 13.1 Å². The molecule has 5 heteroatoms. The number of hydrogen-bond donors (Lipinski definition) is 1. The Labute approximate surface area is 104 Å². The van der Waals surface area contributed by atoms with E-state index in [0.29, 0.717) is 12.6 Å². The molecule has 0 radical (unpaired) electrons. The minimum atomic E-state index is -0.691. The zero-order chi connectivity index (χ0) is 11.3. The molecule has 0 amide bonds. The van der Waals surface area contributed by atoms with Crippen molar-refractivity contribution in [2.45, 2.75) is 31.7 Å². The highest BCUT2D eigenvalue weighted by Gasteiger charge is 2.22. The lowest BCUT2D eigenvalue weighted by Gasteiger charge is -2.36. The topological polar surface area (TPSA) is 43.8 Å². The lowest BCUT2D eigenvalue weighted by Crippen LogP contribution is -2.45. The van der Waals surface area contributed by atoms with Crippen LogP contribution in [0.3, 0.4) is 0 Å². The van der Waals surface area contributed by atoms with Crippen molar-refractivity contribution in [3.05, 3.63) is 0 Å². The van der Waals surface area contributed by atoms with Crippen LogP contribution in [-0.4, -0.2) is 60.6 Å². The van der Waals surface area contributed by atoms with Crippen LogP contribution < -0.4 is 0 Å². The van der Waals surface area contributed by atoms with E-state index in [4.69, 9.17) is 5.11 Å². The van der Waals surface area contributed by atoms with Gasteiger partial charge < -0.3 is 10.0 Å². The normalized spacial score (nSPS) is 21.8. The van der Waals surface area contributed by atoms with Gasteiger partial charge in [-0.1, -0.05) is 6.42 Å². The molecular weight excluding hydrogens is 228 g/mol. The van der Waals surface area contributed by atoms with E-state index < -0.39 is 5.97 Å². The first-order valence-corrected chi connectivity index (χ1v) is 5.70. The van der Waals surface area contributed by atoms with Crippen LogP contribution in [-0.2, 0) is 4.79 Å². The van der Waals surface area contributed by atoms with Crippen molar-refractivity contribution < 1.29 is 9.90 Å². The molecule has 1 saturated heterocycles. The van der Waals surface area contributed by atoms with Crippen LogP contribution in [0.5, 0.6) is 0 Å². The summed E-state index contributed by atoms with van der Waals surface area (Å²) in [5, 5.41) is 8.68. The number of carbonyl (C=O) groups is 1. The Bertz CT molecular complexity index is 212. The summed E-state index contributed by atoms with van der Waals surface area (Å²) in [4.78, 5) is 15.0. The van der Waals surface area contributed by atoms with Gasteiger partial charge in [0.05, 0.1) is 6.42 Å². The van der Waals surface area contributed by atoms with E-state index in [1.54, 1.807) is 0 Å². The second-order valence-electron chi connectivity index (χ2n) is 4.59. The van der Waals surface area contributed by atoms with Crippen LogP contribution >= 0.6 is 12.4 Å². The predicted octanol–water partition coefficient (Wildman–Crippen LogP) is 1.30. The summed E-state index contributed by atoms with van der Waals surface area (Å²) in [6.45, 7) is 2.80. The largest absolute Gasteiger partial charge is 0.481 e. The molecule has 1 atom stereocenters. The van der Waals surface area contributed by atoms with Gasteiger partial charge in [-0.3, -0.25) is 9.69 Å². The molecule has 0 bridgehead atoms. The fourth-order valence-electron chi connectivity index (χ4n) is 2.22. The van der Waals surface area contributed by atoms with Crippen LogP contribution in [0, 0.1) is 0 Å². The summed E-state index contributed by atoms with van der Waals surface area (Å²) in [5.74, 6) is -0.691. The summed E-state index contributed by atoms with van der Waals surface area (Å²) < 4.78 is 0. The maximum Gasteiger partial charge on any atom is 0.304 e. The first kappa shape index (κ1) is 15.7. The van der Waals surface area contributed by atoms with Crippen molar-refractivity contribution in [1.82, 2.24) is 9.80 Å². The first-order valence-electron chi connectivity index (χ1n) is 5.70. The summed E-state index contributed by atoms with van der Waals surface area (Å²) in [6, 6.07) is 0.549. The van der Waals surface area contributed by atoms with Gasteiger partial charge >= 0.3 is 5.97 Å². The molecule has 16 heavy (non-hydrogen) atoms. The number of carboxylic acids is 1. The van der Waals surface area contributed by atoms with Gasteiger partial charge in [-0.05, 0) is 33.5 Å². The molecule has 0 aliphatic carbocycles. The van der Waals surface area contributed by atoms with Crippen molar-refractivity contribution >= 4 is 18.4 Å². The van der Waals surface area contributed by atoms with Crippen LogP contribution in [0.15, 0.2) is 0 Å². The van der Waals surface area contributed by atoms with Gasteiger partial charge in [-0.15, -0.1) is 12.4 Å². The number of carboxylic acid groups (broad SMARTS) is 1. The third-order valence-electron chi connectivity index (χ3n) is 2.94. The Hall–Kier alpha value is -0.320. The van der Waals surface area contributed by atoms with Crippen LogP contribution in [0.2, 0.25) is 0 Å². The van der Waals surface area contributed by atoms with Gasteiger partial charge in [-0.25, -0.2) is 0 Å². The molecule has 0 spiro atoms. The monoisotopic (exact) mass is 250 g/mol. The SMILES string of the molecule is CN(C)CC1CCCCN1CCC(=O)O.Cl. The fraction of sp³-hybridized carbons (Fsp3) is 0.909. The van der Waals surface area contributed by atoms with Crippen molar-refractivity contribution in [1.29, 1.82) is 0 Å². The quantitative estimate of drug-likeness (QED) is 0.799. The molecule has 0 aromatic rings. The molecule has 1 heterocycles. The van der Waals surface area contributed by atoms with Crippen LogP contribution in [0.25, 0.3) is 0 Å². The highest BCUT2D eigenvalue weighted by atomic mass is 35.5. The summed E-state index contributed by atoms with van der Waals surface area (Å²) in [5.41, 5.74) is 0. The lowest BCUT2D eigenvalue weighted by atomic mass is 10.0. The standard InChI is InChI=1S/C11H22N2O2.ClH/c1-12(2)9-10-5-3-4-7-13(10)8-6-11(14)15;/h10H,3-9H2,1-2H3,(H,14,15);1H. The maximum absolute atomic E-state index is 10.5. The lowest BCUT2D eigenvalue weighted by molar-refractivity contribution is -0.137. The zero-order valence-electron chi connectivity index (χ0n) is 10.2. The van der Waals surface area contributed by atoms with Crippen molar-refractivity contribution in [3.63, 3.8) is 0 Å². The number of likely N-dealkylation sites (tertiary alicyclic amines) is 1.